The van der Waals surface area contributed by atoms with Crippen LogP contribution in [0.3, 0.4) is 0 Å². The fourth-order valence-corrected chi connectivity index (χ4v) is 1.38. The van der Waals surface area contributed by atoms with E-state index in [0.717, 1.165) is 5.56 Å². The van der Waals surface area contributed by atoms with Crippen LogP contribution in [0, 0.1) is 5.41 Å². The van der Waals surface area contributed by atoms with Crippen LogP contribution in [0.2, 0.25) is 0 Å². The summed E-state index contributed by atoms with van der Waals surface area (Å²) in [5.41, 5.74) is -0.0349. The van der Waals surface area contributed by atoms with Crippen molar-refractivity contribution in [3.63, 3.8) is 0 Å². The maximum atomic E-state index is 11.9. The highest BCUT2D eigenvalue weighted by Crippen LogP contribution is 2.18. The third-order valence-electron chi connectivity index (χ3n) is 2.51. The molecule has 0 heterocycles. The topological polar surface area (TPSA) is 89.9 Å². The first-order chi connectivity index (χ1) is 9.70. The Kier molecular flexibility index (Phi) is 5.46. The molecule has 1 rings (SSSR count). The minimum atomic E-state index is -1.74. The number of hydrogen-bond donors (Lipinski definition) is 1. The van der Waals surface area contributed by atoms with Crippen molar-refractivity contribution in [2.75, 3.05) is 0 Å². The normalized spacial score (nSPS) is 12.3. The van der Waals surface area contributed by atoms with E-state index in [1.807, 2.05) is 6.07 Å². The van der Waals surface area contributed by atoms with Gasteiger partial charge < -0.3 is 14.6 Å². The first-order valence-electron chi connectivity index (χ1n) is 6.39. The molecule has 6 heteroatoms. The van der Waals surface area contributed by atoms with Gasteiger partial charge in [-0.25, -0.2) is 9.59 Å². The predicted molar refractivity (Wildman–Crippen MR) is 73.2 cm³/mol. The summed E-state index contributed by atoms with van der Waals surface area (Å²) < 4.78 is 9.79. The highest BCUT2D eigenvalue weighted by molar-refractivity contribution is 6.28. The molecule has 0 aliphatic rings. The summed E-state index contributed by atoms with van der Waals surface area (Å²) in [4.78, 5) is 33.6. The number of hydrogen-bond acceptors (Lipinski definition) is 5. The van der Waals surface area contributed by atoms with Gasteiger partial charge in [0.1, 0.15) is 0 Å². The molecule has 0 aliphatic heterocycles. The lowest BCUT2D eigenvalue weighted by Crippen LogP contribution is -2.34. The Morgan fingerprint density at radius 2 is 1.67 bits per heavy atom. The Hall–Kier alpha value is -2.37. The van der Waals surface area contributed by atoms with E-state index in [-0.39, 0.29) is 6.42 Å². The van der Waals surface area contributed by atoms with Gasteiger partial charge in [-0.2, -0.15) is 0 Å². The molecule has 0 fully saturated rings. The Labute approximate surface area is 122 Å². The molecular weight excluding hydrogens is 276 g/mol. The Morgan fingerprint density at radius 3 is 2.14 bits per heavy atom. The van der Waals surface area contributed by atoms with E-state index in [1.54, 1.807) is 45.0 Å². The van der Waals surface area contributed by atoms with E-state index < -0.39 is 29.6 Å². The summed E-state index contributed by atoms with van der Waals surface area (Å²) in [6, 6.07) is 8.87. The highest BCUT2D eigenvalue weighted by atomic mass is 16.7. The van der Waals surface area contributed by atoms with E-state index in [4.69, 9.17) is 14.6 Å². The smallest absolute Gasteiger partial charge is 0.420 e. The molecule has 1 atom stereocenters. The number of carboxylic acids is 1. The molecule has 0 saturated heterocycles. The molecule has 1 N–H and O–H groups in total. The van der Waals surface area contributed by atoms with E-state index >= 15 is 0 Å². The number of carbonyl (C=O) groups excluding carboxylic acids is 2. The summed E-state index contributed by atoms with van der Waals surface area (Å²) in [5, 5.41) is 8.58. The van der Waals surface area contributed by atoms with Crippen LogP contribution in [0.4, 0.5) is 0 Å². The van der Waals surface area contributed by atoms with Crippen LogP contribution in [-0.2, 0) is 30.3 Å². The van der Waals surface area contributed by atoms with Gasteiger partial charge in [-0.15, -0.1) is 0 Å². The molecule has 0 saturated carbocycles. The van der Waals surface area contributed by atoms with Gasteiger partial charge in [-0.1, -0.05) is 30.3 Å². The third kappa shape index (κ3) is 5.64. The van der Waals surface area contributed by atoms with Crippen LogP contribution in [-0.4, -0.2) is 29.3 Å². The molecule has 1 unspecified atom stereocenters. The third-order valence-corrected chi connectivity index (χ3v) is 2.51. The van der Waals surface area contributed by atoms with Gasteiger partial charge in [0.2, 0.25) is 0 Å². The molecule has 0 bridgehead atoms. The van der Waals surface area contributed by atoms with Crippen LogP contribution < -0.4 is 0 Å². The zero-order valence-electron chi connectivity index (χ0n) is 12.2. The van der Waals surface area contributed by atoms with Gasteiger partial charge >= 0.3 is 17.9 Å². The van der Waals surface area contributed by atoms with Crippen LogP contribution in [0.25, 0.3) is 0 Å². The molecule has 1 aromatic carbocycles. The zero-order valence-corrected chi connectivity index (χ0v) is 12.2. The second-order valence-electron chi connectivity index (χ2n) is 5.49. The first kappa shape index (κ1) is 16.7. The summed E-state index contributed by atoms with van der Waals surface area (Å²) in [7, 11) is 0. The van der Waals surface area contributed by atoms with Crippen LogP contribution in [0.15, 0.2) is 30.3 Å². The minimum absolute atomic E-state index is 0.0850. The molecule has 0 radical (unpaired) electrons. The lowest BCUT2D eigenvalue weighted by molar-refractivity contribution is -0.197. The van der Waals surface area contributed by atoms with Gasteiger partial charge in [0.25, 0.3) is 6.29 Å². The number of rotatable bonds is 4. The van der Waals surface area contributed by atoms with Gasteiger partial charge in [-0.05, 0) is 26.3 Å². The average Bonchev–Trinajstić information content (AvgIpc) is 2.38. The van der Waals surface area contributed by atoms with Crippen LogP contribution in [0.5, 0.6) is 0 Å². The second-order valence-corrected chi connectivity index (χ2v) is 5.49. The minimum Gasteiger partial charge on any atom is -0.473 e. The Balaban J connectivity index is 2.82. The number of benzene rings is 1. The second kappa shape index (κ2) is 6.88. The van der Waals surface area contributed by atoms with Crippen LogP contribution >= 0.6 is 0 Å². The molecule has 21 heavy (non-hydrogen) atoms. The first-order valence-corrected chi connectivity index (χ1v) is 6.39. The number of carboxylic acid groups (broad SMARTS) is 1. The van der Waals surface area contributed by atoms with Crippen LogP contribution in [0.1, 0.15) is 26.3 Å². The standard InChI is InChI=1S/C15H18O6/c1-15(2,3)14(19)21-11(20-13(18)12(16)17)9-10-7-5-4-6-8-10/h4-8,11H,9H2,1-3H3,(H,16,17). The van der Waals surface area contributed by atoms with Crippen molar-refractivity contribution in [2.24, 2.45) is 5.41 Å². The van der Waals surface area contributed by atoms with E-state index in [2.05, 4.69) is 0 Å². The van der Waals surface area contributed by atoms with E-state index in [1.165, 1.54) is 0 Å². The fourth-order valence-electron chi connectivity index (χ4n) is 1.38. The maximum Gasteiger partial charge on any atom is 0.420 e. The number of ether oxygens (including phenoxy) is 2. The number of aliphatic carboxylic acids is 1. The highest BCUT2D eigenvalue weighted by Gasteiger charge is 2.29. The largest absolute Gasteiger partial charge is 0.473 e. The van der Waals surface area contributed by atoms with Gasteiger partial charge in [0, 0.05) is 6.42 Å². The molecule has 0 aromatic heterocycles. The molecule has 0 spiro atoms. The molecule has 6 nitrogen and oxygen atoms in total. The van der Waals surface area contributed by atoms with Gasteiger partial charge in [-0.3, -0.25) is 4.79 Å². The van der Waals surface area contributed by atoms with Crippen molar-refractivity contribution in [2.45, 2.75) is 33.5 Å². The maximum absolute atomic E-state index is 11.9. The number of carbonyl (C=O) groups is 3. The molecule has 1 aromatic rings. The van der Waals surface area contributed by atoms with E-state index in [9.17, 15) is 14.4 Å². The SMILES string of the molecule is CC(C)(C)C(=O)OC(Cc1ccccc1)OC(=O)C(=O)O. The van der Waals surface area contributed by atoms with Gasteiger partial charge in [0.15, 0.2) is 0 Å². The van der Waals surface area contributed by atoms with Gasteiger partial charge in [0.05, 0.1) is 5.41 Å². The predicted octanol–water partition coefficient (Wildman–Crippen LogP) is 1.77. The summed E-state index contributed by atoms with van der Waals surface area (Å²) >= 11 is 0. The van der Waals surface area contributed by atoms with Crippen molar-refractivity contribution in [3.05, 3.63) is 35.9 Å². The van der Waals surface area contributed by atoms with Crippen molar-refractivity contribution in [1.82, 2.24) is 0 Å². The van der Waals surface area contributed by atoms with Crippen molar-refractivity contribution < 1.29 is 29.0 Å². The average molecular weight is 294 g/mol. The molecule has 114 valence electrons. The Morgan fingerprint density at radius 1 is 1.10 bits per heavy atom. The van der Waals surface area contributed by atoms with Crippen molar-refractivity contribution in [3.8, 4) is 0 Å². The molecular formula is C15H18O6. The summed E-state index contributed by atoms with van der Waals surface area (Å²) in [6.45, 7) is 4.94. The number of esters is 2. The zero-order chi connectivity index (χ0) is 16.0. The lowest BCUT2D eigenvalue weighted by atomic mass is 9.97. The molecule has 0 aliphatic carbocycles. The summed E-state index contributed by atoms with van der Waals surface area (Å²) in [5.74, 6) is -3.78. The van der Waals surface area contributed by atoms with Crippen molar-refractivity contribution >= 4 is 17.9 Å². The van der Waals surface area contributed by atoms with E-state index in [0.29, 0.717) is 0 Å². The van der Waals surface area contributed by atoms with Crippen molar-refractivity contribution in [1.29, 1.82) is 0 Å². The lowest BCUT2D eigenvalue weighted by Gasteiger charge is -2.22. The quantitative estimate of drug-likeness (QED) is 0.517. The fraction of sp³-hybridized carbons (Fsp3) is 0.400. The summed E-state index contributed by atoms with van der Waals surface area (Å²) in [6.07, 6.45) is -1.19. The monoisotopic (exact) mass is 294 g/mol. The molecule has 0 amide bonds. The Bertz CT molecular complexity index is 515.